The first kappa shape index (κ1) is 11.5. The van der Waals surface area contributed by atoms with E-state index in [0.717, 1.165) is 10.2 Å². The second-order valence-corrected chi connectivity index (χ2v) is 4.15. The molecule has 0 fully saturated rings. The highest BCUT2D eigenvalue weighted by atomic mass is 79.9. The van der Waals surface area contributed by atoms with Gasteiger partial charge in [-0.05, 0) is 47.5 Å². The summed E-state index contributed by atoms with van der Waals surface area (Å²) in [6.07, 6.45) is 0.114. The predicted octanol–water partition coefficient (Wildman–Crippen LogP) is 3.17. The van der Waals surface area contributed by atoms with Crippen LogP contribution in [0.2, 0.25) is 0 Å². The molecule has 0 saturated carbocycles. The molecule has 0 aromatic heterocycles. The lowest BCUT2D eigenvalue weighted by Crippen LogP contribution is -2.16. The molecule has 1 unspecified atom stereocenters. The Kier molecular flexibility index (Phi) is 4.42. The zero-order valence-corrected chi connectivity index (χ0v) is 10.3. The van der Waals surface area contributed by atoms with Crippen LogP contribution in [-0.2, 0) is 4.74 Å². The molecule has 0 saturated heterocycles. The highest BCUT2D eigenvalue weighted by Crippen LogP contribution is 2.25. The van der Waals surface area contributed by atoms with Gasteiger partial charge >= 0.3 is 0 Å². The largest absolute Gasteiger partial charge is 0.490 e. The lowest BCUT2D eigenvalue weighted by Gasteiger charge is -2.12. The maximum absolute atomic E-state index is 5.57. The SMILES string of the molecule is COC(C)COc1ccc(C)cc1Br. The predicted molar refractivity (Wildman–Crippen MR) is 60.8 cm³/mol. The smallest absolute Gasteiger partial charge is 0.133 e. The average molecular weight is 259 g/mol. The van der Waals surface area contributed by atoms with E-state index in [0.29, 0.717) is 6.61 Å². The van der Waals surface area contributed by atoms with Crippen LogP contribution in [-0.4, -0.2) is 19.8 Å². The van der Waals surface area contributed by atoms with E-state index in [2.05, 4.69) is 15.9 Å². The van der Waals surface area contributed by atoms with Crippen LogP contribution < -0.4 is 4.74 Å². The molecule has 0 spiro atoms. The molecular weight excluding hydrogens is 244 g/mol. The Morgan fingerprint density at radius 2 is 2.14 bits per heavy atom. The molecule has 2 nitrogen and oxygen atoms in total. The molecule has 1 atom stereocenters. The van der Waals surface area contributed by atoms with Crippen molar-refractivity contribution in [3.63, 3.8) is 0 Å². The summed E-state index contributed by atoms with van der Waals surface area (Å²) in [4.78, 5) is 0. The van der Waals surface area contributed by atoms with Gasteiger partial charge in [0.25, 0.3) is 0 Å². The Morgan fingerprint density at radius 1 is 1.43 bits per heavy atom. The Hall–Kier alpha value is -0.540. The van der Waals surface area contributed by atoms with Crippen molar-refractivity contribution >= 4 is 15.9 Å². The minimum absolute atomic E-state index is 0.114. The summed E-state index contributed by atoms with van der Waals surface area (Å²) >= 11 is 3.45. The first-order chi connectivity index (χ1) is 6.63. The van der Waals surface area contributed by atoms with Crippen molar-refractivity contribution in [3.05, 3.63) is 28.2 Å². The fraction of sp³-hybridized carbons (Fsp3) is 0.455. The molecule has 0 bridgehead atoms. The molecular formula is C11H15BrO2. The third-order valence-electron chi connectivity index (χ3n) is 1.96. The van der Waals surface area contributed by atoms with Gasteiger partial charge in [-0.2, -0.15) is 0 Å². The molecule has 0 aliphatic carbocycles. The summed E-state index contributed by atoms with van der Waals surface area (Å²) in [5.74, 6) is 0.861. The molecule has 0 aliphatic rings. The number of rotatable bonds is 4. The highest BCUT2D eigenvalue weighted by Gasteiger charge is 2.04. The summed E-state index contributed by atoms with van der Waals surface area (Å²) in [5.41, 5.74) is 1.21. The van der Waals surface area contributed by atoms with Crippen LogP contribution in [0.4, 0.5) is 0 Å². The highest BCUT2D eigenvalue weighted by molar-refractivity contribution is 9.10. The van der Waals surface area contributed by atoms with Gasteiger partial charge in [-0.25, -0.2) is 0 Å². The van der Waals surface area contributed by atoms with Crippen LogP contribution in [0, 0.1) is 6.92 Å². The maximum atomic E-state index is 5.57. The zero-order chi connectivity index (χ0) is 10.6. The minimum atomic E-state index is 0.114. The lowest BCUT2D eigenvalue weighted by atomic mass is 10.2. The minimum Gasteiger partial charge on any atom is -0.490 e. The van der Waals surface area contributed by atoms with Crippen molar-refractivity contribution in [2.24, 2.45) is 0 Å². The topological polar surface area (TPSA) is 18.5 Å². The lowest BCUT2D eigenvalue weighted by molar-refractivity contribution is 0.0714. The van der Waals surface area contributed by atoms with Crippen LogP contribution in [0.3, 0.4) is 0 Å². The maximum Gasteiger partial charge on any atom is 0.133 e. The van der Waals surface area contributed by atoms with E-state index in [-0.39, 0.29) is 6.10 Å². The number of hydrogen-bond donors (Lipinski definition) is 0. The monoisotopic (exact) mass is 258 g/mol. The van der Waals surface area contributed by atoms with Gasteiger partial charge in [0.15, 0.2) is 0 Å². The van der Waals surface area contributed by atoms with Crippen molar-refractivity contribution < 1.29 is 9.47 Å². The summed E-state index contributed by atoms with van der Waals surface area (Å²) < 4.78 is 11.7. The van der Waals surface area contributed by atoms with Gasteiger partial charge in [0.2, 0.25) is 0 Å². The van der Waals surface area contributed by atoms with E-state index in [4.69, 9.17) is 9.47 Å². The molecule has 0 aliphatic heterocycles. The molecule has 3 heteroatoms. The van der Waals surface area contributed by atoms with Crippen LogP contribution in [0.15, 0.2) is 22.7 Å². The van der Waals surface area contributed by atoms with Crippen LogP contribution in [0.25, 0.3) is 0 Å². The van der Waals surface area contributed by atoms with Crippen molar-refractivity contribution in [1.29, 1.82) is 0 Å². The van der Waals surface area contributed by atoms with Crippen molar-refractivity contribution in [2.45, 2.75) is 20.0 Å². The Bertz CT molecular complexity index is 299. The second-order valence-electron chi connectivity index (χ2n) is 3.29. The van der Waals surface area contributed by atoms with E-state index in [1.165, 1.54) is 5.56 Å². The summed E-state index contributed by atoms with van der Waals surface area (Å²) in [6.45, 7) is 4.59. The normalized spacial score (nSPS) is 12.6. The number of methoxy groups -OCH3 is 1. The number of hydrogen-bond acceptors (Lipinski definition) is 2. The molecule has 1 aromatic carbocycles. The molecule has 1 aromatic rings. The van der Waals surface area contributed by atoms with Gasteiger partial charge < -0.3 is 9.47 Å². The fourth-order valence-corrected chi connectivity index (χ4v) is 1.61. The van der Waals surface area contributed by atoms with Crippen LogP contribution in [0.5, 0.6) is 5.75 Å². The van der Waals surface area contributed by atoms with Crippen molar-refractivity contribution in [2.75, 3.05) is 13.7 Å². The first-order valence-electron chi connectivity index (χ1n) is 4.55. The van der Waals surface area contributed by atoms with E-state index >= 15 is 0 Å². The standard InChI is InChI=1S/C11H15BrO2/c1-8-4-5-11(10(12)6-8)14-7-9(2)13-3/h4-6,9H,7H2,1-3H3. The molecule has 1 rings (SSSR count). The molecule has 78 valence electrons. The molecule has 0 amide bonds. The average Bonchev–Trinajstić information content (AvgIpc) is 2.16. The van der Waals surface area contributed by atoms with E-state index in [1.54, 1.807) is 7.11 Å². The number of aryl methyl sites for hydroxylation is 1. The Morgan fingerprint density at radius 3 is 2.71 bits per heavy atom. The summed E-state index contributed by atoms with van der Waals surface area (Å²) in [6, 6.07) is 6.02. The van der Waals surface area contributed by atoms with Gasteiger partial charge in [-0.3, -0.25) is 0 Å². The van der Waals surface area contributed by atoms with Crippen LogP contribution in [0.1, 0.15) is 12.5 Å². The Balaban J connectivity index is 2.59. The third-order valence-corrected chi connectivity index (χ3v) is 2.58. The number of halogens is 1. The quantitative estimate of drug-likeness (QED) is 0.826. The van der Waals surface area contributed by atoms with Gasteiger partial charge in [-0.15, -0.1) is 0 Å². The molecule has 0 heterocycles. The van der Waals surface area contributed by atoms with E-state index < -0.39 is 0 Å². The fourth-order valence-electron chi connectivity index (χ4n) is 0.998. The van der Waals surface area contributed by atoms with Crippen LogP contribution >= 0.6 is 15.9 Å². The molecule has 0 N–H and O–H groups in total. The van der Waals surface area contributed by atoms with Gasteiger partial charge in [-0.1, -0.05) is 6.07 Å². The van der Waals surface area contributed by atoms with Crippen molar-refractivity contribution in [3.8, 4) is 5.75 Å². The zero-order valence-electron chi connectivity index (χ0n) is 8.71. The van der Waals surface area contributed by atoms with Gasteiger partial charge in [0.05, 0.1) is 10.6 Å². The van der Waals surface area contributed by atoms with Crippen molar-refractivity contribution in [1.82, 2.24) is 0 Å². The summed E-state index contributed by atoms with van der Waals surface area (Å²) in [7, 11) is 1.68. The molecule has 0 radical (unpaired) electrons. The van der Waals surface area contributed by atoms with Gasteiger partial charge in [0.1, 0.15) is 12.4 Å². The second kappa shape index (κ2) is 5.37. The van der Waals surface area contributed by atoms with E-state index in [9.17, 15) is 0 Å². The number of benzene rings is 1. The third kappa shape index (κ3) is 3.31. The number of ether oxygens (including phenoxy) is 2. The van der Waals surface area contributed by atoms with E-state index in [1.807, 2.05) is 32.0 Å². The molecule has 14 heavy (non-hydrogen) atoms. The van der Waals surface area contributed by atoms with Gasteiger partial charge in [0, 0.05) is 7.11 Å². The first-order valence-corrected chi connectivity index (χ1v) is 5.34. The Labute approximate surface area is 93.4 Å². The summed E-state index contributed by atoms with van der Waals surface area (Å²) in [5, 5.41) is 0.